The molecule has 0 heterocycles. The number of nitrogens with zero attached hydrogens (tertiary/aromatic N) is 1. The van der Waals surface area contributed by atoms with E-state index in [0.29, 0.717) is 49.5 Å². The van der Waals surface area contributed by atoms with Gasteiger partial charge in [0.25, 0.3) is 0 Å². The molecule has 0 spiro atoms. The lowest BCUT2D eigenvalue weighted by molar-refractivity contribution is -0.151. The number of carbonyl (C=O) groups is 1. The number of rotatable bonds is 8. The van der Waals surface area contributed by atoms with Crippen LogP contribution in [0.25, 0.3) is 0 Å². The third-order valence-corrected chi connectivity index (χ3v) is 6.70. The Morgan fingerprint density at radius 3 is 2.71 bits per heavy atom. The molecule has 1 aliphatic rings. The van der Waals surface area contributed by atoms with Gasteiger partial charge in [-0.1, -0.05) is 12.8 Å². The van der Waals surface area contributed by atoms with Gasteiger partial charge in [0.1, 0.15) is 6.10 Å². The predicted molar refractivity (Wildman–Crippen MR) is 134 cm³/mol. The summed E-state index contributed by atoms with van der Waals surface area (Å²) in [6, 6.07) is 3.16. The largest absolute Gasteiger partial charge is 0.504 e. The summed E-state index contributed by atoms with van der Waals surface area (Å²) in [4.78, 5) is 15.8. The van der Waals surface area contributed by atoms with Gasteiger partial charge in [0.2, 0.25) is 0 Å². The second-order valence-corrected chi connectivity index (χ2v) is 9.09. The fourth-order valence-electron chi connectivity index (χ4n) is 4.44. The van der Waals surface area contributed by atoms with Crippen LogP contribution in [0.15, 0.2) is 17.1 Å². The summed E-state index contributed by atoms with van der Waals surface area (Å²) < 4.78 is 10.9. The van der Waals surface area contributed by atoms with E-state index in [1.165, 1.54) is 20.1 Å². The molecule has 6 N–H and O–H groups in total. The number of carbonyl (C=O) groups excluding carboxylic acids is 1. The molecule has 0 aliphatic heterocycles. The molecule has 0 saturated heterocycles. The van der Waals surface area contributed by atoms with Crippen LogP contribution in [0.3, 0.4) is 0 Å². The summed E-state index contributed by atoms with van der Waals surface area (Å²) in [5, 5.41) is 34.0. The fraction of sp³-hybridized carbons (Fsp3) is 0.615. The van der Waals surface area contributed by atoms with Crippen LogP contribution in [0.2, 0.25) is 0 Å². The maximum absolute atomic E-state index is 11.9. The molecule has 0 saturated carbocycles. The summed E-state index contributed by atoms with van der Waals surface area (Å²) >= 11 is 0. The van der Waals surface area contributed by atoms with Crippen molar-refractivity contribution in [3.63, 3.8) is 0 Å². The minimum Gasteiger partial charge on any atom is -0.504 e. The quantitative estimate of drug-likeness (QED) is 0.161. The number of phenolic OH excluding ortho intramolecular Hbond substituents is 1. The minimum absolute atomic E-state index is 0.0619. The number of aliphatic hydroxyl groups is 2. The molecule has 35 heavy (non-hydrogen) atoms. The van der Waals surface area contributed by atoms with Crippen LogP contribution in [-0.4, -0.2) is 60.2 Å². The van der Waals surface area contributed by atoms with Crippen LogP contribution in [0.1, 0.15) is 57.1 Å². The molecular formula is C26H39N3O6. The van der Waals surface area contributed by atoms with Gasteiger partial charge in [-0.05, 0) is 48.9 Å². The van der Waals surface area contributed by atoms with Gasteiger partial charge in [0, 0.05) is 44.7 Å². The zero-order chi connectivity index (χ0) is 26.0. The zero-order valence-electron chi connectivity index (χ0n) is 21.1. The van der Waals surface area contributed by atoms with Crippen molar-refractivity contribution in [3.8, 4) is 23.3 Å². The lowest BCUT2D eigenvalue weighted by Gasteiger charge is -2.33. The lowest BCUT2D eigenvalue weighted by atomic mass is 9.77. The van der Waals surface area contributed by atoms with Gasteiger partial charge in [-0.3, -0.25) is 9.79 Å². The number of hydrogen-bond acceptors (Lipinski definition) is 7. The maximum atomic E-state index is 11.9. The Labute approximate surface area is 207 Å². The fourth-order valence-corrected chi connectivity index (χ4v) is 4.44. The molecule has 0 unspecified atom stereocenters. The monoisotopic (exact) mass is 489 g/mol. The highest BCUT2D eigenvalue weighted by molar-refractivity contribution is 5.77. The highest BCUT2D eigenvalue weighted by Crippen LogP contribution is 2.34. The van der Waals surface area contributed by atoms with Crippen molar-refractivity contribution in [1.29, 1.82) is 0 Å². The third kappa shape index (κ3) is 8.05. The average Bonchev–Trinajstić information content (AvgIpc) is 2.84. The molecule has 1 aromatic carbocycles. The zero-order valence-corrected chi connectivity index (χ0v) is 21.1. The Bertz CT molecular complexity index is 954. The summed E-state index contributed by atoms with van der Waals surface area (Å²) in [7, 11) is 3.07. The molecule has 0 fully saturated rings. The van der Waals surface area contributed by atoms with E-state index < -0.39 is 23.6 Å². The molecule has 1 aromatic rings. The van der Waals surface area contributed by atoms with E-state index in [4.69, 9.17) is 15.2 Å². The Morgan fingerprint density at radius 1 is 1.37 bits per heavy atom. The van der Waals surface area contributed by atoms with E-state index in [9.17, 15) is 20.1 Å². The first-order valence-corrected chi connectivity index (χ1v) is 12.0. The van der Waals surface area contributed by atoms with E-state index in [2.05, 4.69) is 29.1 Å². The van der Waals surface area contributed by atoms with Crippen LogP contribution in [0, 0.1) is 23.2 Å². The first-order valence-electron chi connectivity index (χ1n) is 12.0. The van der Waals surface area contributed by atoms with Crippen molar-refractivity contribution in [2.75, 3.05) is 20.7 Å². The molecule has 0 bridgehead atoms. The number of nitrogens with two attached hydrogens (primary N) is 1. The number of hydrogen-bond donors (Lipinski definition) is 5. The SMILES string of the molecule is CC[C@]1(CNC(N)=NC)C#CC[C@H](Cc2cc(OC)c(O)cc2CO)[C@@H](OC(C)=O)C[C@@H](O)CC1. The number of esters is 1. The third-order valence-electron chi connectivity index (χ3n) is 6.70. The van der Waals surface area contributed by atoms with Gasteiger partial charge in [-0.2, -0.15) is 0 Å². The molecule has 0 aromatic heterocycles. The lowest BCUT2D eigenvalue weighted by Crippen LogP contribution is -2.41. The molecule has 2 rings (SSSR count). The van der Waals surface area contributed by atoms with Crippen LogP contribution < -0.4 is 15.8 Å². The molecule has 9 nitrogen and oxygen atoms in total. The number of guanidine groups is 1. The van der Waals surface area contributed by atoms with Crippen molar-refractivity contribution < 1.29 is 29.6 Å². The van der Waals surface area contributed by atoms with Gasteiger partial charge in [0.05, 0.1) is 19.8 Å². The van der Waals surface area contributed by atoms with E-state index in [-0.39, 0.29) is 24.7 Å². The second-order valence-electron chi connectivity index (χ2n) is 9.09. The van der Waals surface area contributed by atoms with E-state index in [1.54, 1.807) is 13.1 Å². The Balaban J connectivity index is 2.45. The minimum atomic E-state index is -0.684. The Hall–Kier alpha value is -2.96. The summed E-state index contributed by atoms with van der Waals surface area (Å²) in [6.45, 7) is 3.65. The van der Waals surface area contributed by atoms with Crippen molar-refractivity contribution in [1.82, 2.24) is 5.32 Å². The number of phenols is 1. The number of aliphatic hydroxyl groups excluding tert-OH is 2. The van der Waals surface area contributed by atoms with Crippen LogP contribution in [-0.2, 0) is 22.6 Å². The summed E-state index contributed by atoms with van der Waals surface area (Å²) in [5.41, 5.74) is 6.75. The number of benzene rings is 1. The second kappa shape index (κ2) is 13.2. The normalized spacial score (nSPS) is 25.2. The van der Waals surface area contributed by atoms with E-state index >= 15 is 0 Å². The summed E-state index contributed by atoms with van der Waals surface area (Å²) in [6.07, 6.45) is 1.78. The molecule has 0 radical (unpaired) electrons. The smallest absolute Gasteiger partial charge is 0.302 e. The molecule has 194 valence electrons. The Kier molecular flexibility index (Phi) is 10.7. The maximum Gasteiger partial charge on any atom is 0.302 e. The van der Waals surface area contributed by atoms with E-state index in [0.717, 1.165) is 12.0 Å². The van der Waals surface area contributed by atoms with Gasteiger partial charge < -0.3 is 35.8 Å². The topological polar surface area (TPSA) is 147 Å². The van der Waals surface area contributed by atoms with Gasteiger partial charge in [-0.15, -0.1) is 5.92 Å². The number of nitrogens with one attached hydrogen (secondary N) is 1. The molecule has 0 amide bonds. The first-order chi connectivity index (χ1) is 16.7. The molecule has 9 heteroatoms. The Morgan fingerprint density at radius 2 is 2.11 bits per heavy atom. The van der Waals surface area contributed by atoms with Crippen molar-refractivity contribution in [3.05, 3.63) is 23.3 Å². The number of ether oxygens (including phenoxy) is 2. The van der Waals surface area contributed by atoms with E-state index in [1.807, 2.05) is 0 Å². The van der Waals surface area contributed by atoms with Crippen molar-refractivity contribution in [2.24, 2.45) is 22.1 Å². The number of aliphatic imine (C=N–C) groups is 1. The first kappa shape index (κ1) is 28.3. The number of aromatic hydroxyl groups is 1. The predicted octanol–water partition coefficient (Wildman–Crippen LogP) is 1.85. The van der Waals surface area contributed by atoms with Gasteiger partial charge in [-0.25, -0.2) is 0 Å². The highest BCUT2D eigenvalue weighted by atomic mass is 16.5. The molecule has 4 atom stereocenters. The van der Waals surface area contributed by atoms with Crippen molar-refractivity contribution >= 4 is 11.9 Å². The molecular weight excluding hydrogens is 450 g/mol. The number of methoxy groups -OCH3 is 1. The molecule has 1 aliphatic carbocycles. The van der Waals surface area contributed by atoms with Gasteiger partial charge >= 0.3 is 5.97 Å². The van der Waals surface area contributed by atoms with Gasteiger partial charge in [0.15, 0.2) is 17.5 Å². The summed E-state index contributed by atoms with van der Waals surface area (Å²) in [5.74, 6) is 6.62. The van der Waals surface area contributed by atoms with Crippen LogP contribution >= 0.6 is 0 Å². The average molecular weight is 490 g/mol. The highest BCUT2D eigenvalue weighted by Gasteiger charge is 2.32. The van der Waals surface area contributed by atoms with Crippen LogP contribution in [0.5, 0.6) is 11.5 Å². The van der Waals surface area contributed by atoms with Crippen LogP contribution in [0.4, 0.5) is 0 Å². The standard InChI is InChI=1S/C26H39N3O6/c1-5-26(16-29-25(27)28-3)9-6-7-18(23(35-17(2)31)14-21(32)8-10-26)11-19-13-24(34-4)22(33)12-20(19)15-30/h12-13,18,21,23,30,32-33H,5,7-8,10-11,14-16H2,1-4H3,(H3,27,28,29)/t18-,21+,23+,26+/m1/s1. The van der Waals surface area contributed by atoms with Crippen molar-refractivity contribution in [2.45, 2.75) is 71.2 Å².